The van der Waals surface area contributed by atoms with Crippen molar-refractivity contribution in [2.75, 3.05) is 13.1 Å². The average molecular weight is 373 g/mol. The van der Waals surface area contributed by atoms with E-state index in [9.17, 15) is 14.4 Å². The van der Waals surface area contributed by atoms with Gasteiger partial charge in [0.15, 0.2) is 0 Å². The largest absolute Gasteiger partial charge is 0.349 e. The highest BCUT2D eigenvalue weighted by Gasteiger charge is 2.38. The Bertz CT molecular complexity index is 645. The van der Waals surface area contributed by atoms with Gasteiger partial charge in [-0.3, -0.25) is 14.4 Å². The number of carbonyl (C=O) groups excluding carboxylic acids is 3. The molecule has 0 aromatic heterocycles. The van der Waals surface area contributed by atoms with Gasteiger partial charge in [-0.15, -0.1) is 0 Å². The monoisotopic (exact) mass is 373 g/mol. The van der Waals surface area contributed by atoms with Crippen LogP contribution in [0.5, 0.6) is 0 Å². The van der Waals surface area contributed by atoms with Gasteiger partial charge in [0.05, 0.1) is 0 Å². The number of rotatable bonds is 10. The molecule has 0 spiro atoms. The Morgan fingerprint density at radius 2 is 1.85 bits per heavy atom. The molecule has 27 heavy (non-hydrogen) atoms. The summed E-state index contributed by atoms with van der Waals surface area (Å²) in [6.07, 6.45) is 1.48. The van der Waals surface area contributed by atoms with Gasteiger partial charge in [0.1, 0.15) is 6.04 Å². The van der Waals surface area contributed by atoms with E-state index < -0.39 is 17.7 Å². The lowest BCUT2D eigenvalue weighted by Crippen LogP contribution is -2.45. The molecule has 1 saturated heterocycles. The molecule has 0 saturated carbocycles. The number of likely N-dealkylation sites (tertiary alicyclic amines) is 1. The van der Waals surface area contributed by atoms with E-state index in [4.69, 9.17) is 0 Å². The van der Waals surface area contributed by atoms with Gasteiger partial charge in [-0.2, -0.15) is 0 Å². The van der Waals surface area contributed by atoms with Crippen molar-refractivity contribution in [3.05, 3.63) is 35.9 Å². The normalized spacial score (nSPS) is 18.0. The molecule has 6 nitrogen and oxygen atoms in total. The average Bonchev–Trinajstić information content (AvgIpc) is 3.01. The smallest absolute Gasteiger partial charge is 0.289 e. The van der Waals surface area contributed by atoms with Crippen LogP contribution in [0.2, 0.25) is 0 Å². The number of Topliss-reactive ketones (excluding diaryl/α,β-unsaturated/α-hetero) is 1. The number of hydrogen-bond donors (Lipinski definition) is 2. The Morgan fingerprint density at radius 1 is 1.15 bits per heavy atom. The van der Waals surface area contributed by atoms with Crippen molar-refractivity contribution < 1.29 is 14.4 Å². The molecule has 1 aromatic carbocycles. The molecule has 1 aliphatic heterocycles. The zero-order valence-electron chi connectivity index (χ0n) is 16.5. The van der Waals surface area contributed by atoms with Crippen molar-refractivity contribution in [2.45, 2.75) is 58.7 Å². The Labute approximate surface area is 161 Å². The summed E-state index contributed by atoms with van der Waals surface area (Å²) in [6.45, 7) is 8.04. The molecule has 1 heterocycles. The summed E-state index contributed by atoms with van der Waals surface area (Å²) in [7, 11) is 0. The van der Waals surface area contributed by atoms with Gasteiger partial charge in [0.25, 0.3) is 5.91 Å². The van der Waals surface area contributed by atoms with Crippen LogP contribution in [-0.2, 0) is 20.9 Å². The van der Waals surface area contributed by atoms with Gasteiger partial charge in [0, 0.05) is 25.6 Å². The molecule has 148 valence electrons. The Balaban J connectivity index is 1.80. The number of ketones is 1. The van der Waals surface area contributed by atoms with E-state index >= 15 is 0 Å². The Hall–Kier alpha value is -2.21. The van der Waals surface area contributed by atoms with E-state index in [0.717, 1.165) is 18.5 Å². The molecule has 1 aliphatic rings. The van der Waals surface area contributed by atoms with Crippen LogP contribution in [0.4, 0.5) is 0 Å². The number of carbonyl (C=O) groups is 3. The number of benzene rings is 1. The number of amides is 2. The van der Waals surface area contributed by atoms with E-state index in [0.29, 0.717) is 37.9 Å². The van der Waals surface area contributed by atoms with Crippen LogP contribution in [0.25, 0.3) is 0 Å². The molecule has 2 atom stereocenters. The highest BCUT2D eigenvalue weighted by atomic mass is 16.2. The molecule has 1 unspecified atom stereocenters. The first kappa shape index (κ1) is 21.1. The van der Waals surface area contributed by atoms with Crippen molar-refractivity contribution in [3.63, 3.8) is 0 Å². The Kier molecular flexibility index (Phi) is 7.98. The summed E-state index contributed by atoms with van der Waals surface area (Å²) in [5.74, 6) is -0.626. The third kappa shape index (κ3) is 6.17. The van der Waals surface area contributed by atoms with E-state index in [2.05, 4.69) is 31.4 Å². The number of hydrogen-bond acceptors (Lipinski definition) is 4. The molecule has 6 heteroatoms. The summed E-state index contributed by atoms with van der Waals surface area (Å²) < 4.78 is 0. The lowest BCUT2D eigenvalue weighted by Gasteiger charge is -2.23. The maximum absolute atomic E-state index is 12.5. The van der Waals surface area contributed by atoms with Gasteiger partial charge < -0.3 is 15.5 Å². The minimum absolute atomic E-state index is 0.0723. The maximum Gasteiger partial charge on any atom is 0.289 e. The van der Waals surface area contributed by atoms with Crippen LogP contribution in [-0.4, -0.2) is 47.7 Å². The first-order valence-electron chi connectivity index (χ1n) is 9.79. The lowest BCUT2D eigenvalue weighted by atomic mass is 10.1. The van der Waals surface area contributed by atoms with Gasteiger partial charge >= 0.3 is 0 Å². The summed E-state index contributed by atoms with van der Waals surface area (Å²) in [5.41, 5.74) is 0.955. The topological polar surface area (TPSA) is 78.5 Å². The van der Waals surface area contributed by atoms with Crippen molar-refractivity contribution in [1.29, 1.82) is 0 Å². The van der Waals surface area contributed by atoms with Crippen LogP contribution in [0, 0.1) is 5.92 Å². The first-order chi connectivity index (χ1) is 12.9. The first-order valence-corrected chi connectivity index (χ1v) is 9.79. The molecule has 0 aliphatic carbocycles. The van der Waals surface area contributed by atoms with E-state index in [-0.39, 0.29) is 5.91 Å². The fraction of sp³-hybridized carbons (Fsp3) is 0.571. The van der Waals surface area contributed by atoms with E-state index in [1.807, 2.05) is 30.3 Å². The minimum atomic E-state index is -0.656. The lowest BCUT2D eigenvalue weighted by molar-refractivity contribution is -0.143. The second-order valence-electron chi connectivity index (χ2n) is 7.52. The molecule has 2 amide bonds. The standard InChI is InChI=1S/C21H31N3O3/c1-15(2)16(3)22-12-7-13-23-21(27)20(26)18-10-11-19(25)24(18)14-17-8-5-4-6-9-17/h4-6,8-9,15-16,18,22H,7,10-14H2,1-3H3,(H,23,27)/t16?,18-/m1/s1. The van der Waals surface area contributed by atoms with Gasteiger partial charge in [-0.1, -0.05) is 44.2 Å². The second-order valence-corrected chi connectivity index (χ2v) is 7.52. The van der Waals surface area contributed by atoms with Crippen LogP contribution >= 0.6 is 0 Å². The fourth-order valence-corrected chi connectivity index (χ4v) is 3.08. The van der Waals surface area contributed by atoms with Crippen LogP contribution in [0.3, 0.4) is 0 Å². The molecule has 2 N–H and O–H groups in total. The van der Waals surface area contributed by atoms with Crippen molar-refractivity contribution >= 4 is 17.6 Å². The highest BCUT2D eigenvalue weighted by molar-refractivity contribution is 6.38. The highest BCUT2D eigenvalue weighted by Crippen LogP contribution is 2.22. The molecular formula is C21H31N3O3. The molecule has 2 rings (SSSR count). The van der Waals surface area contributed by atoms with Gasteiger partial charge in [-0.25, -0.2) is 0 Å². The third-order valence-electron chi connectivity index (χ3n) is 5.16. The zero-order valence-corrected chi connectivity index (χ0v) is 16.5. The quantitative estimate of drug-likeness (QED) is 0.485. The molecular weight excluding hydrogens is 342 g/mol. The zero-order chi connectivity index (χ0) is 19.8. The van der Waals surface area contributed by atoms with Gasteiger partial charge in [0.2, 0.25) is 11.7 Å². The Morgan fingerprint density at radius 3 is 2.52 bits per heavy atom. The predicted molar refractivity (Wildman–Crippen MR) is 105 cm³/mol. The summed E-state index contributed by atoms with van der Waals surface area (Å²) in [6, 6.07) is 9.29. The van der Waals surface area contributed by atoms with E-state index in [1.54, 1.807) is 0 Å². The van der Waals surface area contributed by atoms with E-state index in [1.165, 1.54) is 4.90 Å². The van der Waals surface area contributed by atoms with Crippen LogP contribution in [0.1, 0.15) is 45.6 Å². The molecule has 0 radical (unpaired) electrons. The second kappa shape index (κ2) is 10.2. The van der Waals surface area contributed by atoms with Crippen molar-refractivity contribution in [2.24, 2.45) is 5.92 Å². The predicted octanol–water partition coefficient (Wildman–Crippen LogP) is 1.89. The molecule has 1 fully saturated rings. The van der Waals surface area contributed by atoms with Crippen LogP contribution < -0.4 is 10.6 Å². The third-order valence-corrected chi connectivity index (χ3v) is 5.16. The molecule has 0 bridgehead atoms. The maximum atomic E-state index is 12.5. The van der Waals surface area contributed by atoms with Crippen LogP contribution in [0.15, 0.2) is 30.3 Å². The SMILES string of the molecule is CC(C)C(C)NCCCNC(=O)C(=O)[C@H]1CCC(=O)N1Cc1ccccc1. The van der Waals surface area contributed by atoms with Gasteiger partial charge in [-0.05, 0) is 37.8 Å². The number of nitrogens with zero attached hydrogens (tertiary/aromatic N) is 1. The summed E-state index contributed by atoms with van der Waals surface area (Å²) in [5, 5.41) is 6.09. The molecule has 1 aromatic rings. The number of nitrogens with one attached hydrogen (secondary N) is 2. The summed E-state index contributed by atoms with van der Waals surface area (Å²) in [4.78, 5) is 38.5. The van der Waals surface area contributed by atoms with Crippen molar-refractivity contribution in [1.82, 2.24) is 15.5 Å². The minimum Gasteiger partial charge on any atom is -0.349 e. The van der Waals surface area contributed by atoms with Crippen molar-refractivity contribution in [3.8, 4) is 0 Å². The summed E-state index contributed by atoms with van der Waals surface area (Å²) >= 11 is 0. The fourth-order valence-electron chi connectivity index (χ4n) is 3.08.